The average Bonchev–Trinajstić information content (AvgIpc) is 2.98. The molecule has 0 aromatic carbocycles. The Kier molecular flexibility index (Phi) is 4.78. The lowest BCUT2D eigenvalue weighted by Crippen LogP contribution is -2.50. The normalized spacial score (nSPS) is 25.7. The molecule has 0 bridgehead atoms. The van der Waals surface area contributed by atoms with Gasteiger partial charge >= 0.3 is 0 Å². The van der Waals surface area contributed by atoms with Crippen LogP contribution in [-0.4, -0.2) is 62.3 Å². The molecule has 0 aliphatic carbocycles. The fraction of sp³-hybridized carbons (Fsp3) is 0.800. The van der Waals surface area contributed by atoms with Gasteiger partial charge in [-0.25, -0.2) is 13.4 Å². The van der Waals surface area contributed by atoms with Gasteiger partial charge in [-0.3, -0.25) is 0 Å². The maximum Gasteiger partial charge on any atom is 0.262 e. The Balaban J connectivity index is 1.72. The Morgan fingerprint density at radius 1 is 1.39 bits per heavy atom. The highest BCUT2D eigenvalue weighted by atomic mass is 32.2. The number of hydrogen-bond acceptors (Lipinski definition) is 5. The molecule has 3 heterocycles. The molecule has 2 aliphatic rings. The monoisotopic (exact) mass is 343 g/mol. The van der Waals surface area contributed by atoms with E-state index < -0.39 is 10.0 Å². The second kappa shape index (κ2) is 6.51. The lowest BCUT2D eigenvalue weighted by Gasteiger charge is -2.48. The van der Waals surface area contributed by atoms with Crippen LogP contribution in [0.4, 0.5) is 0 Å². The zero-order valence-corrected chi connectivity index (χ0v) is 14.6. The van der Waals surface area contributed by atoms with Gasteiger partial charge < -0.3 is 14.0 Å². The van der Waals surface area contributed by atoms with E-state index >= 15 is 0 Å². The molecule has 1 aromatic rings. The highest BCUT2D eigenvalue weighted by Gasteiger charge is 2.45. The van der Waals surface area contributed by atoms with E-state index in [1.807, 2.05) is 0 Å². The Morgan fingerprint density at radius 2 is 2.13 bits per heavy atom. The van der Waals surface area contributed by atoms with Crippen LogP contribution in [0.3, 0.4) is 0 Å². The van der Waals surface area contributed by atoms with Crippen molar-refractivity contribution in [1.82, 2.24) is 13.9 Å². The molecule has 1 atom stereocenters. The SMILES string of the molecule is COCC1COCCC12CCN(S(=O)(=O)c1cn(C)cn1)CC2. The zero-order chi connectivity index (χ0) is 16.5. The molecule has 23 heavy (non-hydrogen) atoms. The highest BCUT2D eigenvalue weighted by molar-refractivity contribution is 7.89. The number of methoxy groups -OCH3 is 1. The average molecular weight is 343 g/mol. The fourth-order valence-corrected chi connectivity index (χ4v) is 5.20. The van der Waals surface area contributed by atoms with Crippen molar-refractivity contribution < 1.29 is 17.9 Å². The van der Waals surface area contributed by atoms with Crippen molar-refractivity contribution in [2.45, 2.75) is 24.3 Å². The molecular formula is C15H25N3O4S. The molecule has 0 amide bonds. The number of imidazole rings is 1. The number of ether oxygens (including phenoxy) is 2. The minimum Gasteiger partial charge on any atom is -0.384 e. The van der Waals surface area contributed by atoms with Gasteiger partial charge in [0.2, 0.25) is 0 Å². The summed E-state index contributed by atoms with van der Waals surface area (Å²) in [6.07, 6.45) is 5.78. The quantitative estimate of drug-likeness (QED) is 0.811. The lowest BCUT2D eigenvalue weighted by atomic mass is 9.66. The Labute approximate surface area is 137 Å². The van der Waals surface area contributed by atoms with E-state index in [4.69, 9.17) is 9.47 Å². The fourth-order valence-electron chi connectivity index (χ4n) is 3.79. The standard InChI is InChI=1S/C15H25N3O4S/c1-17-9-14(16-12-17)23(19,20)18-6-3-15(4-7-18)5-8-22-11-13(15)10-21-2/h9,12-13H,3-8,10-11H2,1-2H3. The van der Waals surface area contributed by atoms with Crippen LogP contribution in [0.5, 0.6) is 0 Å². The first-order valence-electron chi connectivity index (χ1n) is 8.03. The van der Waals surface area contributed by atoms with Gasteiger partial charge in [0.15, 0.2) is 5.03 Å². The summed E-state index contributed by atoms with van der Waals surface area (Å²) in [7, 11) is -0.00372. The van der Waals surface area contributed by atoms with Crippen LogP contribution in [0.2, 0.25) is 0 Å². The molecule has 8 heteroatoms. The van der Waals surface area contributed by atoms with Crippen molar-refractivity contribution in [3.8, 4) is 0 Å². The molecule has 2 aliphatic heterocycles. The van der Waals surface area contributed by atoms with Crippen LogP contribution in [0.15, 0.2) is 17.6 Å². The van der Waals surface area contributed by atoms with Gasteiger partial charge in [0, 0.05) is 46.0 Å². The van der Waals surface area contributed by atoms with Gasteiger partial charge in [0.05, 0.1) is 19.5 Å². The van der Waals surface area contributed by atoms with Gasteiger partial charge in [0.1, 0.15) is 0 Å². The summed E-state index contributed by atoms with van der Waals surface area (Å²) in [4.78, 5) is 4.00. The molecule has 0 radical (unpaired) electrons. The number of sulfonamides is 1. The van der Waals surface area contributed by atoms with Gasteiger partial charge in [-0.2, -0.15) is 4.31 Å². The summed E-state index contributed by atoms with van der Waals surface area (Å²) in [6.45, 7) is 3.22. The molecule has 0 N–H and O–H groups in total. The summed E-state index contributed by atoms with van der Waals surface area (Å²) in [5.41, 5.74) is 0.143. The van der Waals surface area contributed by atoms with Crippen LogP contribution in [-0.2, 0) is 26.5 Å². The van der Waals surface area contributed by atoms with Crippen molar-refractivity contribution in [3.63, 3.8) is 0 Å². The summed E-state index contributed by atoms with van der Waals surface area (Å²) in [5.74, 6) is 0.348. The Hall–Kier alpha value is -0.960. The topological polar surface area (TPSA) is 73.7 Å². The van der Waals surface area contributed by atoms with E-state index in [-0.39, 0.29) is 10.4 Å². The van der Waals surface area contributed by atoms with E-state index in [2.05, 4.69) is 4.98 Å². The number of nitrogens with zero attached hydrogens (tertiary/aromatic N) is 3. The number of aromatic nitrogens is 2. The molecule has 130 valence electrons. The first-order valence-corrected chi connectivity index (χ1v) is 9.47. The van der Waals surface area contributed by atoms with Crippen LogP contribution < -0.4 is 0 Å². The van der Waals surface area contributed by atoms with Crippen LogP contribution in [0.1, 0.15) is 19.3 Å². The molecular weight excluding hydrogens is 318 g/mol. The van der Waals surface area contributed by atoms with Crippen LogP contribution in [0.25, 0.3) is 0 Å². The van der Waals surface area contributed by atoms with Gasteiger partial charge in [-0.05, 0) is 24.7 Å². The minimum atomic E-state index is -3.49. The maximum atomic E-state index is 12.7. The van der Waals surface area contributed by atoms with E-state index in [1.165, 1.54) is 6.33 Å². The van der Waals surface area contributed by atoms with Gasteiger partial charge in [-0.15, -0.1) is 0 Å². The second-order valence-electron chi connectivity index (χ2n) is 6.62. The largest absolute Gasteiger partial charge is 0.384 e. The van der Waals surface area contributed by atoms with Gasteiger partial charge in [-0.1, -0.05) is 0 Å². The second-order valence-corrected chi connectivity index (χ2v) is 8.51. The van der Waals surface area contributed by atoms with Crippen molar-refractivity contribution in [3.05, 3.63) is 12.5 Å². The molecule has 2 fully saturated rings. The number of aryl methyl sites for hydroxylation is 1. The van der Waals surface area contributed by atoms with E-state index in [0.29, 0.717) is 32.2 Å². The molecule has 2 saturated heterocycles. The molecule has 1 aromatic heterocycles. The van der Waals surface area contributed by atoms with Crippen LogP contribution in [0, 0.1) is 11.3 Å². The third-order valence-corrected chi connectivity index (χ3v) is 7.09. The number of rotatable bonds is 4. The molecule has 3 rings (SSSR count). The Morgan fingerprint density at radius 3 is 2.74 bits per heavy atom. The highest BCUT2D eigenvalue weighted by Crippen LogP contribution is 2.45. The van der Waals surface area contributed by atoms with Crippen molar-refractivity contribution in [1.29, 1.82) is 0 Å². The van der Waals surface area contributed by atoms with Crippen molar-refractivity contribution in [2.24, 2.45) is 18.4 Å². The predicted molar refractivity (Wildman–Crippen MR) is 84.4 cm³/mol. The third kappa shape index (κ3) is 3.17. The third-order valence-electron chi connectivity index (χ3n) is 5.30. The maximum absolute atomic E-state index is 12.7. The summed E-state index contributed by atoms with van der Waals surface area (Å²) < 4.78 is 39.5. The predicted octanol–water partition coefficient (Wildman–Crippen LogP) is 0.874. The van der Waals surface area contributed by atoms with Crippen molar-refractivity contribution >= 4 is 10.0 Å². The summed E-state index contributed by atoms with van der Waals surface area (Å²) in [6, 6.07) is 0. The van der Waals surface area contributed by atoms with E-state index in [1.54, 1.807) is 29.2 Å². The zero-order valence-electron chi connectivity index (χ0n) is 13.8. The van der Waals surface area contributed by atoms with Gasteiger partial charge in [0.25, 0.3) is 10.0 Å². The molecule has 7 nitrogen and oxygen atoms in total. The minimum absolute atomic E-state index is 0.136. The van der Waals surface area contributed by atoms with E-state index in [0.717, 1.165) is 25.9 Å². The lowest BCUT2D eigenvalue weighted by molar-refractivity contribution is -0.0881. The smallest absolute Gasteiger partial charge is 0.262 e. The molecule has 1 spiro atoms. The van der Waals surface area contributed by atoms with Crippen LogP contribution >= 0.6 is 0 Å². The number of hydrogen-bond donors (Lipinski definition) is 0. The molecule has 0 saturated carbocycles. The summed E-state index contributed by atoms with van der Waals surface area (Å²) >= 11 is 0. The summed E-state index contributed by atoms with van der Waals surface area (Å²) in [5, 5.41) is 0.136. The Bertz CT molecular complexity index is 633. The molecule has 1 unspecified atom stereocenters. The van der Waals surface area contributed by atoms with Crippen molar-refractivity contribution in [2.75, 3.05) is 40.0 Å². The number of piperidine rings is 1. The first-order chi connectivity index (χ1) is 11.0. The first kappa shape index (κ1) is 16.9. The van der Waals surface area contributed by atoms with E-state index in [9.17, 15) is 8.42 Å².